The fourth-order valence-electron chi connectivity index (χ4n) is 1.04. The maximum Gasteiger partial charge on any atom is 0.282 e. The number of nitrogens with zero attached hydrogens (tertiary/aromatic N) is 1. The zero-order valence-electron chi connectivity index (χ0n) is 7.70. The average molecular weight is 232 g/mol. The number of benzene rings is 1. The molecule has 0 aliphatic carbocycles. The van der Waals surface area contributed by atoms with Crippen LogP contribution in [0, 0.1) is 17.0 Å². The molecular weight excluding hydrogens is 222 g/mol. The number of thioether (sulfide) groups is 1. The molecular formula is C9H10ClNO2S. The molecule has 0 fully saturated rings. The standard InChI is InChI=1S/C9H10ClNO2S/c1-7-2-3-8(11(12)13)9(6-7)14-5-4-10/h2-3,6H,4-5H2,1H3. The zero-order chi connectivity index (χ0) is 10.6. The molecule has 0 unspecified atom stereocenters. The van der Waals surface area contributed by atoms with Gasteiger partial charge in [0.05, 0.1) is 9.82 Å². The summed E-state index contributed by atoms with van der Waals surface area (Å²) >= 11 is 6.95. The Balaban J connectivity index is 2.97. The van der Waals surface area contributed by atoms with Crippen LogP contribution in [0.25, 0.3) is 0 Å². The Morgan fingerprint density at radius 1 is 1.57 bits per heavy atom. The van der Waals surface area contributed by atoms with Gasteiger partial charge in [-0.25, -0.2) is 0 Å². The molecule has 0 aliphatic rings. The first-order valence-corrected chi connectivity index (χ1v) is 5.61. The molecule has 3 nitrogen and oxygen atoms in total. The minimum Gasteiger partial charge on any atom is -0.258 e. The Hall–Kier alpha value is -0.740. The van der Waals surface area contributed by atoms with Gasteiger partial charge in [0, 0.05) is 17.7 Å². The van der Waals surface area contributed by atoms with E-state index in [1.54, 1.807) is 6.07 Å². The summed E-state index contributed by atoms with van der Waals surface area (Å²) in [7, 11) is 0. The smallest absolute Gasteiger partial charge is 0.258 e. The fraction of sp³-hybridized carbons (Fsp3) is 0.333. The van der Waals surface area contributed by atoms with Crippen LogP contribution in [0.15, 0.2) is 23.1 Å². The number of aryl methyl sites for hydroxylation is 1. The number of alkyl halides is 1. The van der Waals surface area contributed by atoms with E-state index in [1.807, 2.05) is 13.0 Å². The quantitative estimate of drug-likeness (QED) is 0.346. The Kier molecular flexibility index (Phi) is 4.22. The minimum absolute atomic E-state index is 0.158. The molecule has 0 aromatic heterocycles. The van der Waals surface area contributed by atoms with Crippen molar-refractivity contribution >= 4 is 29.1 Å². The first-order chi connectivity index (χ1) is 6.65. The summed E-state index contributed by atoms with van der Waals surface area (Å²) in [6.07, 6.45) is 0. The molecule has 0 saturated heterocycles. The van der Waals surface area contributed by atoms with Gasteiger partial charge < -0.3 is 0 Å². The van der Waals surface area contributed by atoms with E-state index in [2.05, 4.69) is 0 Å². The van der Waals surface area contributed by atoms with Crippen molar-refractivity contribution in [3.05, 3.63) is 33.9 Å². The van der Waals surface area contributed by atoms with Gasteiger partial charge in [0.25, 0.3) is 5.69 Å². The number of halogens is 1. The molecule has 0 bridgehead atoms. The summed E-state index contributed by atoms with van der Waals surface area (Å²) < 4.78 is 0. The fourth-order valence-corrected chi connectivity index (χ4v) is 2.12. The molecule has 5 heteroatoms. The van der Waals surface area contributed by atoms with Crippen LogP contribution in [0.1, 0.15) is 5.56 Å². The van der Waals surface area contributed by atoms with Crippen molar-refractivity contribution in [2.45, 2.75) is 11.8 Å². The van der Waals surface area contributed by atoms with Crippen molar-refractivity contribution in [1.29, 1.82) is 0 Å². The molecule has 14 heavy (non-hydrogen) atoms. The van der Waals surface area contributed by atoms with Crippen LogP contribution >= 0.6 is 23.4 Å². The average Bonchev–Trinajstić information content (AvgIpc) is 2.14. The number of nitro groups is 1. The van der Waals surface area contributed by atoms with Crippen LogP contribution < -0.4 is 0 Å². The molecule has 0 radical (unpaired) electrons. The van der Waals surface area contributed by atoms with Crippen molar-refractivity contribution in [2.75, 3.05) is 11.6 Å². The monoisotopic (exact) mass is 231 g/mol. The van der Waals surface area contributed by atoms with Crippen LogP contribution in [-0.4, -0.2) is 16.6 Å². The summed E-state index contributed by atoms with van der Waals surface area (Å²) in [5, 5.41) is 10.7. The van der Waals surface area contributed by atoms with Gasteiger partial charge in [-0.05, 0) is 18.6 Å². The molecule has 0 N–H and O–H groups in total. The van der Waals surface area contributed by atoms with Crippen LogP contribution in [0.2, 0.25) is 0 Å². The first-order valence-electron chi connectivity index (χ1n) is 4.09. The van der Waals surface area contributed by atoms with E-state index in [0.29, 0.717) is 16.5 Å². The maximum absolute atomic E-state index is 10.7. The predicted molar refractivity (Wildman–Crippen MR) is 59.3 cm³/mol. The summed E-state index contributed by atoms with van der Waals surface area (Å²) in [5.74, 6) is 1.18. The number of nitro benzene ring substituents is 1. The Morgan fingerprint density at radius 2 is 2.29 bits per heavy atom. The minimum atomic E-state index is -0.365. The second-order valence-electron chi connectivity index (χ2n) is 2.77. The van der Waals surface area contributed by atoms with Crippen molar-refractivity contribution in [1.82, 2.24) is 0 Å². The molecule has 0 atom stereocenters. The van der Waals surface area contributed by atoms with Crippen LogP contribution in [0.4, 0.5) is 5.69 Å². The van der Waals surface area contributed by atoms with Crippen molar-refractivity contribution in [3.63, 3.8) is 0 Å². The van der Waals surface area contributed by atoms with Crippen LogP contribution in [-0.2, 0) is 0 Å². The highest BCUT2D eigenvalue weighted by Gasteiger charge is 2.13. The lowest BCUT2D eigenvalue weighted by molar-refractivity contribution is -0.387. The molecule has 0 saturated carbocycles. The van der Waals surface area contributed by atoms with E-state index in [9.17, 15) is 10.1 Å². The lowest BCUT2D eigenvalue weighted by atomic mass is 10.2. The van der Waals surface area contributed by atoms with E-state index in [-0.39, 0.29) is 10.6 Å². The molecule has 1 aromatic rings. The van der Waals surface area contributed by atoms with Crippen molar-refractivity contribution < 1.29 is 4.92 Å². The Labute approximate surface area is 91.6 Å². The lowest BCUT2D eigenvalue weighted by Gasteiger charge is -2.02. The molecule has 1 rings (SSSR count). The molecule has 0 spiro atoms. The first kappa shape index (κ1) is 11.3. The summed E-state index contributed by atoms with van der Waals surface area (Å²) in [5.41, 5.74) is 1.18. The van der Waals surface area contributed by atoms with Gasteiger partial charge in [-0.15, -0.1) is 23.4 Å². The van der Waals surface area contributed by atoms with Gasteiger partial charge >= 0.3 is 0 Å². The largest absolute Gasteiger partial charge is 0.282 e. The molecule has 76 valence electrons. The van der Waals surface area contributed by atoms with Gasteiger partial charge in [0.2, 0.25) is 0 Å². The van der Waals surface area contributed by atoms with Gasteiger partial charge in [-0.3, -0.25) is 10.1 Å². The summed E-state index contributed by atoms with van der Waals surface area (Å²) in [6, 6.07) is 5.09. The highest BCUT2D eigenvalue weighted by Crippen LogP contribution is 2.29. The van der Waals surface area contributed by atoms with Gasteiger partial charge in [0.15, 0.2) is 0 Å². The number of rotatable bonds is 4. The maximum atomic E-state index is 10.7. The highest BCUT2D eigenvalue weighted by molar-refractivity contribution is 7.99. The molecule has 0 heterocycles. The van der Waals surface area contributed by atoms with Crippen LogP contribution in [0.5, 0.6) is 0 Å². The normalized spacial score (nSPS) is 10.1. The van der Waals surface area contributed by atoms with Crippen molar-refractivity contribution in [3.8, 4) is 0 Å². The summed E-state index contributed by atoms with van der Waals surface area (Å²) in [4.78, 5) is 11.0. The van der Waals surface area contributed by atoms with E-state index in [4.69, 9.17) is 11.6 Å². The second kappa shape index (κ2) is 5.22. The highest BCUT2D eigenvalue weighted by atomic mass is 35.5. The topological polar surface area (TPSA) is 43.1 Å². The van der Waals surface area contributed by atoms with E-state index in [0.717, 1.165) is 5.56 Å². The third-order valence-corrected chi connectivity index (χ3v) is 3.11. The lowest BCUT2D eigenvalue weighted by Crippen LogP contribution is -1.92. The SMILES string of the molecule is Cc1ccc([N+](=O)[O-])c(SCCCl)c1. The predicted octanol–water partition coefficient (Wildman–Crippen LogP) is 3.23. The second-order valence-corrected chi connectivity index (χ2v) is 4.28. The molecule has 0 amide bonds. The number of hydrogen-bond donors (Lipinski definition) is 0. The van der Waals surface area contributed by atoms with Gasteiger partial charge in [-0.2, -0.15) is 0 Å². The third kappa shape index (κ3) is 2.89. The van der Waals surface area contributed by atoms with E-state index >= 15 is 0 Å². The third-order valence-electron chi connectivity index (χ3n) is 1.65. The van der Waals surface area contributed by atoms with E-state index in [1.165, 1.54) is 17.8 Å². The summed E-state index contributed by atoms with van der Waals surface area (Å²) in [6.45, 7) is 1.91. The van der Waals surface area contributed by atoms with Gasteiger partial charge in [0.1, 0.15) is 0 Å². The number of hydrogen-bond acceptors (Lipinski definition) is 3. The Bertz CT molecular complexity index is 344. The van der Waals surface area contributed by atoms with Gasteiger partial charge in [-0.1, -0.05) is 6.07 Å². The molecule has 1 aromatic carbocycles. The van der Waals surface area contributed by atoms with Crippen LogP contribution in [0.3, 0.4) is 0 Å². The van der Waals surface area contributed by atoms with Crippen molar-refractivity contribution in [2.24, 2.45) is 0 Å². The zero-order valence-corrected chi connectivity index (χ0v) is 9.27. The Morgan fingerprint density at radius 3 is 2.86 bits per heavy atom. The molecule has 0 aliphatic heterocycles. The van der Waals surface area contributed by atoms with E-state index < -0.39 is 0 Å².